The third-order valence-corrected chi connectivity index (χ3v) is 6.51. The number of methoxy groups -OCH3 is 1. The molecule has 0 bridgehead atoms. The lowest BCUT2D eigenvalue weighted by Gasteiger charge is -2.27. The second-order valence-corrected chi connectivity index (χ2v) is 8.77. The molecule has 2 N–H and O–H groups in total. The number of rotatable bonds is 9. The Balaban J connectivity index is 1.86. The summed E-state index contributed by atoms with van der Waals surface area (Å²) in [6, 6.07) is 9.43. The van der Waals surface area contributed by atoms with Crippen LogP contribution in [0.5, 0.6) is 5.75 Å². The van der Waals surface area contributed by atoms with Crippen LogP contribution >= 0.6 is 0 Å². The number of carbonyl (C=O) groups is 1. The molecule has 0 radical (unpaired) electrons. The van der Waals surface area contributed by atoms with E-state index < -0.39 is 34.7 Å². The number of nitrogens with zero attached hydrogens (tertiary/aromatic N) is 6. The maximum Gasteiger partial charge on any atom is 0.296 e. The molecular weight excluding hydrogens is 490 g/mol. The summed E-state index contributed by atoms with van der Waals surface area (Å²) in [5.41, 5.74) is 1.90. The summed E-state index contributed by atoms with van der Waals surface area (Å²) in [5, 5.41) is 30.9. The summed E-state index contributed by atoms with van der Waals surface area (Å²) in [6.07, 6.45) is 4.22. The van der Waals surface area contributed by atoms with Crippen LogP contribution in [0.25, 0.3) is 0 Å². The fourth-order valence-corrected chi connectivity index (χ4v) is 4.52. The highest BCUT2D eigenvalue weighted by molar-refractivity contribution is 6.04. The van der Waals surface area contributed by atoms with Gasteiger partial charge in [-0.1, -0.05) is 30.3 Å². The van der Waals surface area contributed by atoms with E-state index in [-0.39, 0.29) is 11.5 Å². The molecule has 1 amide bonds. The van der Waals surface area contributed by atoms with Gasteiger partial charge in [0.15, 0.2) is 5.69 Å². The first-order valence-electron chi connectivity index (χ1n) is 11.8. The van der Waals surface area contributed by atoms with Crippen LogP contribution in [0, 0.1) is 18.3 Å². The SMILES string of the molecule is COCCn1ncc(C(c2ccccc2C#N)C(C)c2nc(C(=O)Nc3cnoc3)c(O)c(=O)n2C)c1C. The monoisotopic (exact) mass is 517 g/mol. The summed E-state index contributed by atoms with van der Waals surface area (Å²) in [7, 11) is 3.09. The predicted molar refractivity (Wildman–Crippen MR) is 136 cm³/mol. The summed E-state index contributed by atoms with van der Waals surface area (Å²) >= 11 is 0. The molecule has 4 rings (SSSR count). The molecule has 3 aromatic heterocycles. The predicted octanol–water partition coefficient (Wildman–Crippen LogP) is 2.68. The van der Waals surface area contributed by atoms with Crippen LogP contribution in [0.3, 0.4) is 0 Å². The van der Waals surface area contributed by atoms with E-state index in [0.29, 0.717) is 18.7 Å². The highest BCUT2D eigenvalue weighted by Gasteiger charge is 2.32. The molecule has 12 nitrogen and oxygen atoms in total. The molecule has 0 spiro atoms. The van der Waals surface area contributed by atoms with Crippen LogP contribution in [0.15, 0.2) is 52.2 Å². The van der Waals surface area contributed by atoms with Crippen molar-refractivity contribution in [3.63, 3.8) is 0 Å². The third kappa shape index (κ3) is 4.91. The second-order valence-electron chi connectivity index (χ2n) is 8.77. The number of benzene rings is 1. The van der Waals surface area contributed by atoms with E-state index in [1.54, 1.807) is 25.4 Å². The van der Waals surface area contributed by atoms with Crippen LogP contribution in [0.2, 0.25) is 0 Å². The van der Waals surface area contributed by atoms with Crippen molar-refractivity contribution in [3.05, 3.63) is 87.2 Å². The zero-order valence-corrected chi connectivity index (χ0v) is 21.4. The maximum atomic E-state index is 13.0. The maximum absolute atomic E-state index is 13.0. The molecule has 4 aromatic rings. The minimum absolute atomic E-state index is 0.241. The minimum Gasteiger partial charge on any atom is -0.501 e. The summed E-state index contributed by atoms with van der Waals surface area (Å²) in [6.45, 7) is 4.78. The smallest absolute Gasteiger partial charge is 0.296 e. The van der Waals surface area contributed by atoms with E-state index >= 15 is 0 Å². The first-order chi connectivity index (χ1) is 18.3. The van der Waals surface area contributed by atoms with Crippen molar-refractivity contribution in [1.82, 2.24) is 24.5 Å². The molecule has 2 atom stereocenters. The number of aromatic nitrogens is 5. The Morgan fingerprint density at radius 3 is 2.74 bits per heavy atom. The van der Waals surface area contributed by atoms with Crippen molar-refractivity contribution in [2.75, 3.05) is 19.0 Å². The first-order valence-corrected chi connectivity index (χ1v) is 11.8. The van der Waals surface area contributed by atoms with Crippen molar-refractivity contribution in [1.29, 1.82) is 5.26 Å². The van der Waals surface area contributed by atoms with Gasteiger partial charge in [0.1, 0.15) is 17.8 Å². The Labute approximate surface area is 218 Å². The molecule has 2 unspecified atom stereocenters. The number of nitrogens with one attached hydrogen (secondary N) is 1. The molecule has 3 heterocycles. The molecule has 0 aliphatic rings. The zero-order chi connectivity index (χ0) is 27.4. The van der Waals surface area contributed by atoms with E-state index in [4.69, 9.17) is 9.26 Å². The Bertz CT molecular complexity index is 1550. The number of hydrogen-bond donors (Lipinski definition) is 2. The largest absolute Gasteiger partial charge is 0.501 e. The van der Waals surface area contributed by atoms with Crippen LogP contribution in [-0.4, -0.2) is 49.2 Å². The quantitative estimate of drug-likeness (QED) is 0.340. The van der Waals surface area contributed by atoms with Crippen molar-refractivity contribution in [2.24, 2.45) is 7.05 Å². The molecular formula is C26H27N7O5. The topological polar surface area (TPSA) is 161 Å². The van der Waals surface area contributed by atoms with Gasteiger partial charge in [0, 0.05) is 37.3 Å². The number of ether oxygens (including phenoxy) is 1. The summed E-state index contributed by atoms with van der Waals surface area (Å²) in [4.78, 5) is 30.4. The van der Waals surface area contributed by atoms with E-state index in [1.165, 1.54) is 24.1 Å². The number of hydrogen-bond acceptors (Lipinski definition) is 9. The van der Waals surface area contributed by atoms with E-state index in [0.717, 1.165) is 16.8 Å². The van der Waals surface area contributed by atoms with Gasteiger partial charge in [0.05, 0.1) is 37.2 Å². The lowest BCUT2D eigenvalue weighted by Crippen LogP contribution is -2.29. The third-order valence-electron chi connectivity index (χ3n) is 6.51. The number of aromatic hydroxyl groups is 1. The van der Waals surface area contributed by atoms with Gasteiger partial charge in [0.2, 0.25) is 5.75 Å². The average molecular weight is 518 g/mol. The molecule has 0 aliphatic carbocycles. The molecule has 12 heteroatoms. The van der Waals surface area contributed by atoms with Crippen LogP contribution in [-0.2, 0) is 18.3 Å². The fourth-order valence-electron chi connectivity index (χ4n) is 4.52. The van der Waals surface area contributed by atoms with Gasteiger partial charge in [0.25, 0.3) is 11.5 Å². The van der Waals surface area contributed by atoms with E-state index in [1.807, 2.05) is 30.7 Å². The number of amides is 1. The second kappa shape index (κ2) is 11.1. The van der Waals surface area contributed by atoms with Gasteiger partial charge in [-0.05, 0) is 18.6 Å². The normalized spacial score (nSPS) is 12.6. The number of nitriles is 1. The molecule has 196 valence electrons. The average Bonchev–Trinajstić information content (AvgIpc) is 3.56. The Hall–Kier alpha value is -4.76. The van der Waals surface area contributed by atoms with Gasteiger partial charge in [-0.25, -0.2) is 4.98 Å². The van der Waals surface area contributed by atoms with Crippen LogP contribution in [0.4, 0.5) is 5.69 Å². The van der Waals surface area contributed by atoms with Gasteiger partial charge in [-0.3, -0.25) is 18.8 Å². The molecule has 0 aliphatic heterocycles. The molecule has 0 saturated heterocycles. The zero-order valence-electron chi connectivity index (χ0n) is 21.4. The van der Waals surface area contributed by atoms with Crippen molar-refractivity contribution in [2.45, 2.75) is 32.2 Å². The Kier molecular flexibility index (Phi) is 7.68. The lowest BCUT2D eigenvalue weighted by molar-refractivity contribution is 0.101. The highest BCUT2D eigenvalue weighted by Crippen LogP contribution is 2.40. The Morgan fingerprint density at radius 1 is 1.29 bits per heavy atom. The van der Waals surface area contributed by atoms with Gasteiger partial charge in [-0.15, -0.1) is 0 Å². The molecule has 38 heavy (non-hydrogen) atoms. The summed E-state index contributed by atoms with van der Waals surface area (Å²) in [5.74, 6) is -2.32. The van der Waals surface area contributed by atoms with Crippen molar-refractivity contribution < 1.29 is 19.2 Å². The highest BCUT2D eigenvalue weighted by atomic mass is 16.5. The standard InChI is InChI=1S/C26H27N7O5/c1-15(24-31-22(23(34)26(36)32(24)3)25(35)30-18-12-29-38-14-18)21(19-8-6-5-7-17(19)11-27)20-13-28-33(16(20)2)9-10-37-4/h5-8,12-15,21,34H,9-10H2,1-4H3,(H,30,35). The first kappa shape index (κ1) is 26.3. The van der Waals surface area contributed by atoms with E-state index in [2.05, 4.69) is 26.6 Å². The van der Waals surface area contributed by atoms with Crippen molar-refractivity contribution in [3.8, 4) is 11.8 Å². The van der Waals surface area contributed by atoms with Gasteiger partial charge >= 0.3 is 0 Å². The van der Waals surface area contributed by atoms with Crippen molar-refractivity contribution >= 4 is 11.6 Å². The molecule has 0 fully saturated rings. The molecule has 1 aromatic carbocycles. The van der Waals surface area contributed by atoms with Gasteiger partial charge in [-0.2, -0.15) is 10.4 Å². The van der Waals surface area contributed by atoms with Crippen LogP contribution < -0.4 is 10.9 Å². The fraction of sp³-hybridized carbons (Fsp3) is 0.308. The number of carbonyl (C=O) groups excluding carboxylic acids is 1. The lowest BCUT2D eigenvalue weighted by atomic mass is 9.79. The van der Waals surface area contributed by atoms with Crippen LogP contribution in [0.1, 0.15) is 57.5 Å². The molecule has 0 saturated carbocycles. The van der Waals surface area contributed by atoms with E-state index in [9.17, 15) is 20.0 Å². The number of anilines is 1. The summed E-state index contributed by atoms with van der Waals surface area (Å²) < 4.78 is 12.9. The Morgan fingerprint density at radius 2 is 2.05 bits per heavy atom. The van der Waals surface area contributed by atoms with Gasteiger partial charge < -0.3 is 19.7 Å². The minimum atomic E-state index is -0.797.